The van der Waals surface area contributed by atoms with Crippen molar-refractivity contribution in [1.82, 2.24) is 19.8 Å². The molecule has 1 fully saturated rings. The number of pyridine rings is 1. The monoisotopic (exact) mass is 370 g/mol. The number of ether oxygens (including phenoxy) is 1. The van der Waals surface area contributed by atoms with Crippen molar-refractivity contribution in [3.63, 3.8) is 0 Å². The van der Waals surface area contributed by atoms with Gasteiger partial charge in [-0.15, -0.1) is 0 Å². The molecule has 0 N–H and O–H groups in total. The van der Waals surface area contributed by atoms with Gasteiger partial charge in [0.15, 0.2) is 5.58 Å². The Bertz CT molecular complexity index is 927. The first-order valence-electron chi connectivity index (χ1n) is 9.09. The van der Waals surface area contributed by atoms with Crippen LogP contribution in [0.25, 0.3) is 11.1 Å². The zero-order valence-electron chi connectivity index (χ0n) is 15.6. The maximum atomic E-state index is 13.3. The first kappa shape index (κ1) is 17.9. The van der Waals surface area contributed by atoms with Crippen molar-refractivity contribution in [1.29, 1.82) is 0 Å². The summed E-state index contributed by atoms with van der Waals surface area (Å²) in [6.07, 6.45) is 2.86. The lowest BCUT2D eigenvalue weighted by molar-refractivity contribution is 0.193. The smallest absolute Gasteiger partial charge is 0.209 e. The lowest BCUT2D eigenvalue weighted by Gasteiger charge is -2.16. The molecule has 142 valence electrons. The molecule has 1 aromatic carbocycles. The van der Waals surface area contributed by atoms with Crippen LogP contribution in [0.3, 0.4) is 0 Å². The highest BCUT2D eigenvalue weighted by molar-refractivity contribution is 5.72. The van der Waals surface area contributed by atoms with Gasteiger partial charge < -0.3 is 14.1 Å². The lowest BCUT2D eigenvalue weighted by atomic mass is 10.3. The quantitative estimate of drug-likeness (QED) is 0.665. The molecule has 0 aliphatic carbocycles. The second kappa shape index (κ2) is 7.62. The summed E-state index contributed by atoms with van der Waals surface area (Å²) in [4.78, 5) is 13.1. The Kier molecular flexibility index (Phi) is 5.05. The fraction of sp³-hybridized carbons (Fsp3) is 0.400. The molecular formula is C20H23FN4O2. The van der Waals surface area contributed by atoms with Crippen molar-refractivity contribution < 1.29 is 13.5 Å². The van der Waals surface area contributed by atoms with Gasteiger partial charge in [0.2, 0.25) is 5.89 Å². The highest BCUT2D eigenvalue weighted by Crippen LogP contribution is 2.22. The third-order valence-electron chi connectivity index (χ3n) is 4.55. The number of likely N-dealkylation sites (tertiary alicyclic amines) is 1. The third-order valence-corrected chi connectivity index (χ3v) is 4.55. The van der Waals surface area contributed by atoms with Gasteiger partial charge in [-0.3, -0.25) is 9.88 Å². The van der Waals surface area contributed by atoms with Gasteiger partial charge in [-0.2, -0.15) is 0 Å². The van der Waals surface area contributed by atoms with E-state index >= 15 is 0 Å². The molecule has 1 aliphatic rings. The number of fused-ring (bicyclic) bond motifs is 1. The van der Waals surface area contributed by atoms with E-state index < -0.39 is 0 Å². The largest absolute Gasteiger partial charge is 0.489 e. The van der Waals surface area contributed by atoms with Gasteiger partial charge in [0, 0.05) is 38.0 Å². The van der Waals surface area contributed by atoms with Crippen molar-refractivity contribution in [3.05, 3.63) is 53.9 Å². The van der Waals surface area contributed by atoms with Crippen molar-refractivity contribution in [2.75, 3.05) is 27.2 Å². The van der Waals surface area contributed by atoms with Crippen molar-refractivity contribution in [2.24, 2.45) is 0 Å². The molecule has 7 heteroatoms. The van der Waals surface area contributed by atoms with Gasteiger partial charge in [-0.25, -0.2) is 9.37 Å². The zero-order valence-corrected chi connectivity index (χ0v) is 15.6. The average Bonchev–Trinajstić information content (AvgIpc) is 3.20. The van der Waals surface area contributed by atoms with Gasteiger partial charge in [-0.1, -0.05) is 0 Å². The number of nitrogens with zero attached hydrogens (tertiary/aromatic N) is 4. The Morgan fingerprint density at radius 1 is 1.30 bits per heavy atom. The minimum Gasteiger partial charge on any atom is -0.489 e. The SMILES string of the molecule is CN(C)Cc1cc(OC2CCN(Cc3nc4cc(F)ccc4o3)C2)ccn1. The molecule has 1 atom stereocenters. The van der Waals surface area contributed by atoms with Gasteiger partial charge in [0.1, 0.15) is 23.2 Å². The maximum absolute atomic E-state index is 13.3. The number of benzene rings is 1. The second-order valence-corrected chi connectivity index (χ2v) is 7.20. The summed E-state index contributed by atoms with van der Waals surface area (Å²) >= 11 is 0. The zero-order chi connectivity index (χ0) is 18.8. The standard InChI is InChI=1S/C20H23FN4O2/c1-24(2)11-15-10-16(5-7-22-15)26-17-6-8-25(12-17)13-20-23-18-9-14(21)3-4-19(18)27-20/h3-5,7,9-10,17H,6,8,11-13H2,1-2H3. The molecule has 0 radical (unpaired) electrons. The van der Waals surface area contributed by atoms with Crippen LogP contribution in [0.4, 0.5) is 4.39 Å². The highest BCUT2D eigenvalue weighted by Gasteiger charge is 2.25. The highest BCUT2D eigenvalue weighted by atomic mass is 19.1. The second-order valence-electron chi connectivity index (χ2n) is 7.20. The van der Waals surface area contributed by atoms with Crippen LogP contribution >= 0.6 is 0 Å². The predicted molar refractivity (Wildman–Crippen MR) is 99.9 cm³/mol. The van der Waals surface area contributed by atoms with Gasteiger partial charge in [0.05, 0.1) is 12.2 Å². The summed E-state index contributed by atoms with van der Waals surface area (Å²) in [7, 11) is 4.04. The normalized spacial score (nSPS) is 17.9. The minimum absolute atomic E-state index is 0.126. The molecule has 3 heterocycles. The molecule has 1 aliphatic heterocycles. The molecule has 3 aromatic rings. The first-order chi connectivity index (χ1) is 13.0. The van der Waals surface area contributed by atoms with E-state index in [1.807, 2.05) is 26.2 Å². The van der Waals surface area contributed by atoms with Crippen LogP contribution in [-0.4, -0.2) is 53.1 Å². The van der Waals surface area contributed by atoms with E-state index in [9.17, 15) is 4.39 Å². The number of halogens is 1. The molecule has 1 unspecified atom stereocenters. The summed E-state index contributed by atoms with van der Waals surface area (Å²) in [5.41, 5.74) is 2.16. The van der Waals surface area contributed by atoms with E-state index in [0.717, 1.165) is 37.5 Å². The summed E-state index contributed by atoms with van der Waals surface area (Å²) < 4.78 is 25.1. The molecule has 0 amide bonds. The average molecular weight is 370 g/mol. The fourth-order valence-corrected chi connectivity index (χ4v) is 3.38. The Morgan fingerprint density at radius 3 is 3.04 bits per heavy atom. The van der Waals surface area contributed by atoms with Crippen LogP contribution in [0.5, 0.6) is 5.75 Å². The minimum atomic E-state index is -0.303. The molecule has 2 aromatic heterocycles. The Hall–Kier alpha value is -2.51. The van der Waals surface area contributed by atoms with Crippen LogP contribution in [-0.2, 0) is 13.1 Å². The molecule has 6 nitrogen and oxygen atoms in total. The number of rotatable bonds is 6. The van der Waals surface area contributed by atoms with Gasteiger partial charge in [0.25, 0.3) is 0 Å². The molecular weight excluding hydrogens is 347 g/mol. The van der Waals surface area contributed by atoms with Crippen LogP contribution in [0.15, 0.2) is 40.9 Å². The number of hydrogen-bond acceptors (Lipinski definition) is 6. The number of aromatic nitrogens is 2. The predicted octanol–water partition coefficient (Wildman–Crippen LogP) is 3.08. The Labute approximate surface area is 157 Å². The summed E-state index contributed by atoms with van der Waals surface area (Å²) in [5, 5.41) is 0. The van der Waals surface area contributed by atoms with E-state index in [0.29, 0.717) is 23.5 Å². The van der Waals surface area contributed by atoms with E-state index in [-0.39, 0.29) is 11.9 Å². The molecule has 27 heavy (non-hydrogen) atoms. The third kappa shape index (κ3) is 4.43. The molecule has 1 saturated heterocycles. The van der Waals surface area contributed by atoms with E-state index in [1.165, 1.54) is 12.1 Å². The number of hydrogen-bond donors (Lipinski definition) is 0. The van der Waals surface area contributed by atoms with Gasteiger partial charge >= 0.3 is 0 Å². The topological polar surface area (TPSA) is 54.6 Å². The van der Waals surface area contributed by atoms with E-state index in [2.05, 4.69) is 19.8 Å². The molecule has 0 bridgehead atoms. The number of oxazole rings is 1. The van der Waals surface area contributed by atoms with Crippen LogP contribution < -0.4 is 4.74 Å². The van der Waals surface area contributed by atoms with Crippen molar-refractivity contribution in [2.45, 2.75) is 25.6 Å². The summed E-state index contributed by atoms with van der Waals surface area (Å²) in [6.45, 7) is 3.09. The van der Waals surface area contributed by atoms with E-state index in [4.69, 9.17) is 9.15 Å². The fourth-order valence-electron chi connectivity index (χ4n) is 3.38. The van der Waals surface area contributed by atoms with E-state index in [1.54, 1.807) is 12.3 Å². The van der Waals surface area contributed by atoms with Crippen molar-refractivity contribution in [3.8, 4) is 5.75 Å². The van der Waals surface area contributed by atoms with Crippen molar-refractivity contribution >= 4 is 11.1 Å². The lowest BCUT2D eigenvalue weighted by Crippen LogP contribution is -2.24. The summed E-state index contributed by atoms with van der Waals surface area (Å²) in [5.74, 6) is 1.16. The van der Waals surface area contributed by atoms with Gasteiger partial charge in [-0.05, 0) is 38.7 Å². The molecule has 4 rings (SSSR count). The first-order valence-corrected chi connectivity index (χ1v) is 9.09. The van der Waals surface area contributed by atoms with Crippen LogP contribution in [0.1, 0.15) is 18.0 Å². The molecule has 0 spiro atoms. The van der Waals surface area contributed by atoms with Crippen LogP contribution in [0.2, 0.25) is 0 Å². The summed E-state index contributed by atoms with van der Waals surface area (Å²) in [6, 6.07) is 8.30. The van der Waals surface area contributed by atoms with Crippen LogP contribution in [0, 0.1) is 5.82 Å². The molecule has 0 saturated carbocycles. The Balaban J connectivity index is 1.35. The maximum Gasteiger partial charge on any atom is 0.209 e. The Morgan fingerprint density at radius 2 is 2.19 bits per heavy atom.